The molecule has 1 aromatic rings. The second-order valence-electron chi connectivity index (χ2n) is 5.36. The SMILES string of the molecule is CCCCCCC(C)NS(=O)(=O)c1c(C)cccc1N. The van der Waals surface area contributed by atoms with Crippen LogP contribution in [0.15, 0.2) is 23.1 Å². The van der Waals surface area contributed by atoms with Crippen molar-refractivity contribution in [3.63, 3.8) is 0 Å². The van der Waals surface area contributed by atoms with E-state index in [0.717, 1.165) is 19.3 Å². The standard InChI is InChI=1S/C15H26N2O2S/c1-4-5-6-7-10-13(3)17-20(18,19)15-12(2)9-8-11-14(15)16/h8-9,11,13,17H,4-7,10,16H2,1-3H3. The average Bonchev–Trinajstić information content (AvgIpc) is 2.33. The first kappa shape index (κ1) is 17.0. The summed E-state index contributed by atoms with van der Waals surface area (Å²) in [7, 11) is -3.54. The lowest BCUT2D eigenvalue weighted by molar-refractivity contribution is 0.522. The van der Waals surface area contributed by atoms with Gasteiger partial charge in [-0.15, -0.1) is 0 Å². The summed E-state index contributed by atoms with van der Waals surface area (Å²) in [4.78, 5) is 0.209. The van der Waals surface area contributed by atoms with Crippen molar-refractivity contribution in [2.24, 2.45) is 0 Å². The van der Waals surface area contributed by atoms with E-state index in [1.54, 1.807) is 25.1 Å². The van der Waals surface area contributed by atoms with Crippen molar-refractivity contribution in [3.05, 3.63) is 23.8 Å². The zero-order chi connectivity index (χ0) is 15.2. The Balaban J connectivity index is 2.70. The van der Waals surface area contributed by atoms with E-state index in [2.05, 4.69) is 11.6 Å². The van der Waals surface area contributed by atoms with Gasteiger partial charge in [-0.2, -0.15) is 0 Å². The number of anilines is 1. The number of rotatable bonds is 8. The Labute approximate surface area is 122 Å². The maximum Gasteiger partial charge on any atom is 0.243 e. The minimum absolute atomic E-state index is 0.0733. The molecule has 0 saturated carbocycles. The molecule has 0 aliphatic rings. The number of benzene rings is 1. The van der Waals surface area contributed by atoms with Gasteiger partial charge in [0.25, 0.3) is 0 Å². The van der Waals surface area contributed by atoms with Gasteiger partial charge >= 0.3 is 0 Å². The molecule has 0 saturated heterocycles. The summed E-state index contributed by atoms with van der Waals surface area (Å²) in [5, 5.41) is 0. The number of hydrogen-bond donors (Lipinski definition) is 2. The van der Waals surface area contributed by atoms with E-state index in [-0.39, 0.29) is 10.9 Å². The average molecular weight is 298 g/mol. The second-order valence-corrected chi connectivity index (χ2v) is 7.02. The summed E-state index contributed by atoms with van der Waals surface area (Å²) in [5.41, 5.74) is 6.78. The molecular formula is C15H26N2O2S. The predicted octanol–water partition coefficient (Wildman–Crippen LogP) is 3.21. The van der Waals surface area contributed by atoms with Crippen molar-refractivity contribution < 1.29 is 8.42 Å². The van der Waals surface area contributed by atoms with Crippen LogP contribution < -0.4 is 10.5 Å². The first-order valence-corrected chi connectivity index (χ1v) is 8.74. The Morgan fingerprint density at radius 3 is 2.55 bits per heavy atom. The lowest BCUT2D eigenvalue weighted by atomic mass is 10.1. The van der Waals surface area contributed by atoms with E-state index < -0.39 is 10.0 Å². The summed E-state index contributed by atoms with van der Waals surface area (Å²) in [6, 6.07) is 5.07. The highest BCUT2D eigenvalue weighted by Gasteiger charge is 2.21. The lowest BCUT2D eigenvalue weighted by Crippen LogP contribution is -2.33. The van der Waals surface area contributed by atoms with Crippen LogP contribution in [0.1, 0.15) is 51.5 Å². The fourth-order valence-electron chi connectivity index (χ4n) is 2.30. The molecule has 20 heavy (non-hydrogen) atoms. The van der Waals surface area contributed by atoms with Gasteiger partial charge in [0, 0.05) is 6.04 Å². The van der Waals surface area contributed by atoms with E-state index >= 15 is 0 Å². The van der Waals surface area contributed by atoms with Crippen LogP contribution in [0.3, 0.4) is 0 Å². The molecule has 0 bridgehead atoms. The van der Waals surface area contributed by atoms with Crippen LogP contribution in [0.2, 0.25) is 0 Å². The van der Waals surface area contributed by atoms with Gasteiger partial charge in [-0.1, -0.05) is 44.7 Å². The third-order valence-electron chi connectivity index (χ3n) is 3.36. The summed E-state index contributed by atoms with van der Waals surface area (Å²) >= 11 is 0. The summed E-state index contributed by atoms with van der Waals surface area (Å²) in [6.07, 6.45) is 5.42. The molecule has 114 valence electrons. The second kappa shape index (κ2) is 7.64. The van der Waals surface area contributed by atoms with E-state index in [1.165, 1.54) is 12.8 Å². The van der Waals surface area contributed by atoms with E-state index in [9.17, 15) is 8.42 Å². The van der Waals surface area contributed by atoms with Crippen LogP contribution in [-0.4, -0.2) is 14.5 Å². The molecule has 1 atom stereocenters. The van der Waals surface area contributed by atoms with Gasteiger partial charge in [0.15, 0.2) is 0 Å². The third-order valence-corrected chi connectivity index (χ3v) is 5.17. The highest BCUT2D eigenvalue weighted by molar-refractivity contribution is 7.89. The summed E-state index contributed by atoms with van der Waals surface area (Å²) in [6.45, 7) is 5.82. The molecule has 1 rings (SSSR count). The molecule has 0 radical (unpaired) electrons. The van der Waals surface area contributed by atoms with Crippen LogP contribution in [0, 0.1) is 6.92 Å². The summed E-state index contributed by atoms with van der Waals surface area (Å²) in [5.74, 6) is 0. The first-order valence-electron chi connectivity index (χ1n) is 7.26. The molecule has 3 N–H and O–H groups in total. The number of aryl methyl sites for hydroxylation is 1. The molecule has 0 aliphatic heterocycles. The molecule has 5 heteroatoms. The molecule has 0 aromatic heterocycles. The Morgan fingerprint density at radius 1 is 1.25 bits per heavy atom. The quantitative estimate of drug-likeness (QED) is 0.572. The number of hydrogen-bond acceptors (Lipinski definition) is 3. The van der Waals surface area contributed by atoms with E-state index in [1.807, 2.05) is 6.92 Å². The minimum Gasteiger partial charge on any atom is -0.398 e. The Kier molecular flexibility index (Phi) is 6.49. The molecule has 1 aromatic carbocycles. The van der Waals surface area contributed by atoms with Crippen LogP contribution in [0.25, 0.3) is 0 Å². The fourth-order valence-corrected chi connectivity index (χ4v) is 3.94. The number of nitrogen functional groups attached to an aromatic ring is 1. The van der Waals surface area contributed by atoms with Gasteiger partial charge in [-0.3, -0.25) is 0 Å². The highest BCUT2D eigenvalue weighted by Crippen LogP contribution is 2.22. The van der Waals surface area contributed by atoms with Gasteiger partial charge < -0.3 is 5.73 Å². The monoisotopic (exact) mass is 298 g/mol. The third kappa shape index (κ3) is 4.80. The molecular weight excluding hydrogens is 272 g/mol. The van der Waals surface area contributed by atoms with Crippen molar-refractivity contribution in [2.75, 3.05) is 5.73 Å². The zero-order valence-corrected chi connectivity index (χ0v) is 13.5. The maximum absolute atomic E-state index is 12.4. The Bertz CT molecular complexity index is 506. The van der Waals surface area contributed by atoms with Gasteiger partial charge in [0.2, 0.25) is 10.0 Å². The van der Waals surface area contributed by atoms with Crippen LogP contribution in [0.4, 0.5) is 5.69 Å². The highest BCUT2D eigenvalue weighted by atomic mass is 32.2. The molecule has 0 amide bonds. The smallest absolute Gasteiger partial charge is 0.243 e. The van der Waals surface area contributed by atoms with Crippen molar-refractivity contribution >= 4 is 15.7 Å². The fraction of sp³-hybridized carbons (Fsp3) is 0.600. The largest absolute Gasteiger partial charge is 0.398 e. The van der Waals surface area contributed by atoms with Crippen LogP contribution in [-0.2, 0) is 10.0 Å². The molecule has 4 nitrogen and oxygen atoms in total. The molecule has 0 heterocycles. The molecule has 0 spiro atoms. The van der Waals surface area contributed by atoms with E-state index in [4.69, 9.17) is 5.73 Å². The minimum atomic E-state index is -3.54. The Morgan fingerprint density at radius 2 is 1.95 bits per heavy atom. The molecule has 0 fully saturated rings. The maximum atomic E-state index is 12.4. The van der Waals surface area contributed by atoms with Crippen molar-refractivity contribution in [1.82, 2.24) is 4.72 Å². The number of nitrogens with one attached hydrogen (secondary N) is 1. The first-order chi connectivity index (χ1) is 9.38. The number of unbranched alkanes of at least 4 members (excludes halogenated alkanes) is 3. The van der Waals surface area contributed by atoms with Crippen molar-refractivity contribution in [2.45, 2.75) is 63.8 Å². The molecule has 1 unspecified atom stereocenters. The number of nitrogens with two attached hydrogens (primary N) is 1. The van der Waals surface area contributed by atoms with Gasteiger partial charge in [0.1, 0.15) is 4.90 Å². The van der Waals surface area contributed by atoms with Crippen molar-refractivity contribution in [1.29, 1.82) is 0 Å². The van der Waals surface area contributed by atoms with E-state index in [0.29, 0.717) is 11.3 Å². The van der Waals surface area contributed by atoms with Gasteiger partial charge in [-0.05, 0) is 31.9 Å². The van der Waals surface area contributed by atoms with Crippen LogP contribution >= 0.6 is 0 Å². The molecule has 0 aliphatic carbocycles. The van der Waals surface area contributed by atoms with Gasteiger partial charge in [0.05, 0.1) is 5.69 Å². The van der Waals surface area contributed by atoms with Gasteiger partial charge in [-0.25, -0.2) is 13.1 Å². The predicted molar refractivity (Wildman–Crippen MR) is 84.1 cm³/mol. The Hall–Kier alpha value is -1.07. The summed E-state index contributed by atoms with van der Waals surface area (Å²) < 4.78 is 27.5. The topological polar surface area (TPSA) is 72.2 Å². The lowest BCUT2D eigenvalue weighted by Gasteiger charge is -2.16. The van der Waals surface area contributed by atoms with Crippen LogP contribution in [0.5, 0.6) is 0 Å². The zero-order valence-electron chi connectivity index (χ0n) is 12.6. The number of sulfonamides is 1. The normalized spacial score (nSPS) is 13.3. The van der Waals surface area contributed by atoms with Crippen molar-refractivity contribution in [3.8, 4) is 0 Å².